The van der Waals surface area contributed by atoms with E-state index in [4.69, 9.17) is 10.00 Å². The van der Waals surface area contributed by atoms with Crippen molar-refractivity contribution in [2.45, 2.75) is 18.5 Å². The Morgan fingerprint density at radius 1 is 1.23 bits per heavy atom. The zero-order chi connectivity index (χ0) is 21.1. The number of piperidine rings is 1. The van der Waals surface area contributed by atoms with Crippen molar-refractivity contribution in [2.75, 3.05) is 32.6 Å². The smallest absolute Gasteiger partial charge is 0.183 e. The summed E-state index contributed by atoms with van der Waals surface area (Å²) in [4.78, 5) is 10.2. The van der Waals surface area contributed by atoms with Crippen LogP contribution in [0.15, 0.2) is 36.7 Å². The van der Waals surface area contributed by atoms with Gasteiger partial charge < -0.3 is 15.0 Å². The minimum atomic E-state index is -1.35. The molecule has 0 saturated carbocycles. The molecule has 8 nitrogen and oxygen atoms in total. The number of aromatic nitrogens is 4. The maximum atomic E-state index is 15.5. The number of nitriles is 1. The van der Waals surface area contributed by atoms with Crippen molar-refractivity contribution < 1.29 is 9.13 Å². The predicted molar refractivity (Wildman–Crippen MR) is 110 cm³/mol. The molecule has 2 N–H and O–H groups in total. The van der Waals surface area contributed by atoms with Gasteiger partial charge in [-0.1, -0.05) is 6.07 Å². The zero-order valence-corrected chi connectivity index (χ0v) is 16.8. The third-order valence-electron chi connectivity index (χ3n) is 5.42. The lowest BCUT2D eigenvalue weighted by molar-refractivity contribution is 0.0672. The standard InChI is InChI=1S/C21H22FN7O/c1-29-9-5-21(22,6-10-29)14-3-4-15(18(11-14)30-2)16-12-19(28-27-16)26-20-17(13-23)24-7-8-25-20/h3-4,7-8,11-12H,5-6,9-10H2,1-2H3,(H2,25,26,27,28). The highest BCUT2D eigenvalue weighted by Gasteiger charge is 2.36. The molecule has 3 heterocycles. The highest BCUT2D eigenvalue weighted by atomic mass is 19.1. The Kier molecular flexibility index (Phi) is 5.33. The number of hydrogen-bond donors (Lipinski definition) is 2. The summed E-state index contributed by atoms with van der Waals surface area (Å²) < 4.78 is 21.0. The number of benzene rings is 1. The topological polar surface area (TPSA) is 103 Å². The SMILES string of the molecule is COc1cc(C2(F)CCN(C)CC2)ccc1-c1cc(Nc2nccnc2C#N)n[nH]1. The normalized spacial score (nSPS) is 16.1. The van der Waals surface area contributed by atoms with Crippen molar-refractivity contribution in [2.24, 2.45) is 0 Å². The van der Waals surface area contributed by atoms with Gasteiger partial charge in [0.1, 0.15) is 17.5 Å². The molecule has 9 heteroatoms. The lowest BCUT2D eigenvalue weighted by Gasteiger charge is -2.35. The molecule has 0 amide bonds. The quantitative estimate of drug-likeness (QED) is 0.668. The molecule has 0 aliphatic carbocycles. The van der Waals surface area contributed by atoms with E-state index in [9.17, 15) is 0 Å². The first-order valence-corrected chi connectivity index (χ1v) is 9.62. The summed E-state index contributed by atoms with van der Waals surface area (Å²) in [6.45, 7) is 1.45. The summed E-state index contributed by atoms with van der Waals surface area (Å²) in [5.41, 5.74) is 0.916. The van der Waals surface area contributed by atoms with E-state index in [1.54, 1.807) is 19.2 Å². The molecule has 154 valence electrons. The molecule has 0 radical (unpaired) electrons. The van der Waals surface area contributed by atoms with E-state index in [-0.39, 0.29) is 5.69 Å². The largest absolute Gasteiger partial charge is 0.496 e. The summed E-state index contributed by atoms with van der Waals surface area (Å²) in [6.07, 6.45) is 3.87. The maximum absolute atomic E-state index is 15.5. The van der Waals surface area contributed by atoms with Crippen LogP contribution in [0.2, 0.25) is 0 Å². The zero-order valence-electron chi connectivity index (χ0n) is 16.8. The number of anilines is 2. The number of hydrogen-bond acceptors (Lipinski definition) is 7. The molecule has 3 aromatic rings. The third-order valence-corrected chi connectivity index (χ3v) is 5.42. The summed E-state index contributed by atoms with van der Waals surface area (Å²) >= 11 is 0. The lowest BCUT2D eigenvalue weighted by Crippen LogP contribution is -2.38. The molecule has 1 fully saturated rings. The van der Waals surface area contributed by atoms with Crippen LogP contribution in [0.3, 0.4) is 0 Å². The van der Waals surface area contributed by atoms with Crippen molar-refractivity contribution in [1.29, 1.82) is 5.26 Å². The minimum absolute atomic E-state index is 0.176. The number of H-pyrrole nitrogens is 1. The van der Waals surface area contributed by atoms with E-state index < -0.39 is 5.67 Å². The first-order valence-electron chi connectivity index (χ1n) is 9.62. The van der Waals surface area contributed by atoms with Crippen LogP contribution < -0.4 is 10.1 Å². The third kappa shape index (κ3) is 3.82. The molecular weight excluding hydrogens is 385 g/mol. The van der Waals surface area contributed by atoms with Crippen LogP contribution in [0.25, 0.3) is 11.3 Å². The van der Waals surface area contributed by atoms with E-state index >= 15 is 4.39 Å². The van der Waals surface area contributed by atoms with Crippen molar-refractivity contribution in [3.63, 3.8) is 0 Å². The van der Waals surface area contributed by atoms with E-state index in [1.165, 1.54) is 12.4 Å². The van der Waals surface area contributed by atoms with Crippen LogP contribution in [-0.2, 0) is 5.67 Å². The maximum Gasteiger partial charge on any atom is 0.183 e. The van der Waals surface area contributed by atoms with Gasteiger partial charge in [-0.25, -0.2) is 14.4 Å². The first-order chi connectivity index (χ1) is 14.5. The summed E-state index contributed by atoms with van der Waals surface area (Å²) in [6, 6.07) is 9.18. The van der Waals surface area contributed by atoms with E-state index in [0.29, 0.717) is 41.5 Å². The number of methoxy groups -OCH3 is 1. The average molecular weight is 407 g/mol. The number of likely N-dealkylation sites (tertiary alicyclic amines) is 1. The van der Waals surface area contributed by atoms with Gasteiger partial charge in [0, 0.05) is 37.1 Å². The lowest BCUT2D eigenvalue weighted by atomic mass is 9.85. The van der Waals surface area contributed by atoms with Crippen molar-refractivity contribution in [3.05, 3.63) is 47.9 Å². The van der Waals surface area contributed by atoms with Gasteiger partial charge >= 0.3 is 0 Å². The number of rotatable bonds is 5. The van der Waals surface area contributed by atoms with Gasteiger partial charge in [-0.2, -0.15) is 10.4 Å². The Labute approximate surface area is 173 Å². The molecule has 1 aliphatic rings. The molecule has 0 bridgehead atoms. The van der Waals surface area contributed by atoms with Crippen LogP contribution in [0.4, 0.5) is 16.0 Å². The summed E-state index contributed by atoms with van der Waals surface area (Å²) in [5, 5.41) is 19.3. The molecule has 1 aliphatic heterocycles. The Hall–Kier alpha value is -3.51. The van der Waals surface area contributed by atoms with Crippen molar-refractivity contribution in [1.82, 2.24) is 25.1 Å². The van der Waals surface area contributed by atoms with Gasteiger partial charge in [-0.15, -0.1) is 0 Å². The van der Waals surface area contributed by atoms with Crippen LogP contribution in [0, 0.1) is 11.3 Å². The van der Waals surface area contributed by atoms with E-state index in [1.807, 2.05) is 25.2 Å². The Bertz CT molecular complexity index is 1080. The Morgan fingerprint density at radius 2 is 2.00 bits per heavy atom. The number of aromatic amines is 1. The summed E-state index contributed by atoms with van der Waals surface area (Å²) in [7, 11) is 3.57. The highest BCUT2D eigenvalue weighted by molar-refractivity contribution is 5.71. The first kappa shape index (κ1) is 19.8. The fraction of sp³-hybridized carbons (Fsp3) is 0.333. The van der Waals surface area contributed by atoms with E-state index in [2.05, 4.69) is 30.4 Å². The Morgan fingerprint density at radius 3 is 2.73 bits per heavy atom. The molecule has 0 unspecified atom stereocenters. The van der Waals surface area contributed by atoms with Crippen LogP contribution >= 0.6 is 0 Å². The van der Waals surface area contributed by atoms with Gasteiger partial charge in [0.2, 0.25) is 0 Å². The average Bonchev–Trinajstić information content (AvgIpc) is 3.24. The van der Waals surface area contributed by atoms with Gasteiger partial charge in [0.25, 0.3) is 0 Å². The predicted octanol–water partition coefficient (Wildman–Crippen LogP) is 3.38. The number of nitrogens with zero attached hydrogens (tertiary/aromatic N) is 5. The number of halogens is 1. The van der Waals surface area contributed by atoms with Crippen molar-refractivity contribution >= 4 is 11.6 Å². The van der Waals surface area contributed by atoms with Gasteiger partial charge in [0.15, 0.2) is 17.3 Å². The molecule has 0 spiro atoms. The van der Waals surface area contributed by atoms with Crippen LogP contribution in [0.5, 0.6) is 5.75 Å². The molecule has 2 aromatic heterocycles. The van der Waals surface area contributed by atoms with E-state index in [0.717, 1.165) is 18.7 Å². The second-order valence-corrected chi connectivity index (χ2v) is 7.34. The van der Waals surface area contributed by atoms with Gasteiger partial charge in [-0.3, -0.25) is 5.10 Å². The fourth-order valence-electron chi connectivity index (χ4n) is 3.61. The molecular formula is C21H22FN7O. The molecule has 30 heavy (non-hydrogen) atoms. The Balaban J connectivity index is 1.60. The molecule has 1 saturated heterocycles. The van der Waals surface area contributed by atoms with Gasteiger partial charge in [0.05, 0.1) is 12.8 Å². The van der Waals surface area contributed by atoms with Crippen LogP contribution in [0.1, 0.15) is 24.1 Å². The number of nitrogens with one attached hydrogen (secondary N) is 2. The highest BCUT2D eigenvalue weighted by Crippen LogP contribution is 2.40. The minimum Gasteiger partial charge on any atom is -0.496 e. The van der Waals surface area contributed by atoms with Crippen LogP contribution in [-0.4, -0.2) is 52.3 Å². The van der Waals surface area contributed by atoms with Crippen molar-refractivity contribution in [3.8, 4) is 23.1 Å². The molecule has 0 atom stereocenters. The second kappa shape index (κ2) is 8.08. The number of alkyl halides is 1. The fourth-order valence-corrected chi connectivity index (χ4v) is 3.61. The second-order valence-electron chi connectivity index (χ2n) is 7.34. The van der Waals surface area contributed by atoms with Gasteiger partial charge in [-0.05, 0) is 37.6 Å². The molecule has 1 aromatic carbocycles. The molecule has 4 rings (SSSR count). The monoisotopic (exact) mass is 407 g/mol. The summed E-state index contributed by atoms with van der Waals surface area (Å²) in [5.74, 6) is 1.36. The number of ether oxygens (including phenoxy) is 1.